The topological polar surface area (TPSA) is 82.6 Å². The highest BCUT2D eigenvalue weighted by Gasteiger charge is 2.27. The van der Waals surface area contributed by atoms with E-state index in [1.54, 1.807) is 54.6 Å². The van der Waals surface area contributed by atoms with Crippen molar-refractivity contribution in [3.63, 3.8) is 0 Å². The Hall–Kier alpha value is -4.26. The number of hydrogen-bond donors (Lipinski definition) is 1. The number of anilines is 2. The number of rotatable bonds is 6. The summed E-state index contributed by atoms with van der Waals surface area (Å²) < 4.78 is 0. The summed E-state index contributed by atoms with van der Waals surface area (Å²) in [5.74, 6) is -0.741. The first-order valence-electron chi connectivity index (χ1n) is 11.1. The Morgan fingerprint density at radius 2 is 1.59 bits per heavy atom. The Bertz CT molecular complexity index is 1180. The average Bonchev–Trinajstić information content (AvgIpc) is 2.88. The van der Waals surface area contributed by atoms with Gasteiger partial charge in [-0.25, -0.2) is 0 Å². The number of piperazine rings is 1. The lowest BCUT2D eigenvalue weighted by Gasteiger charge is -2.36. The quantitative estimate of drug-likeness (QED) is 0.266. The van der Waals surface area contributed by atoms with Crippen molar-refractivity contribution in [3.8, 4) is 0 Å². The van der Waals surface area contributed by atoms with E-state index in [9.17, 15) is 14.4 Å². The molecule has 0 atom stereocenters. The zero-order chi connectivity index (χ0) is 23.9. The Kier molecular flexibility index (Phi) is 7.13. The molecule has 0 saturated carbocycles. The molecule has 4 rings (SSSR count). The lowest BCUT2D eigenvalue weighted by atomic mass is 10.1. The van der Waals surface area contributed by atoms with E-state index in [4.69, 9.17) is 0 Å². The zero-order valence-electron chi connectivity index (χ0n) is 19.0. The molecule has 7 nitrogen and oxygen atoms in total. The molecule has 0 spiro atoms. The van der Waals surface area contributed by atoms with Gasteiger partial charge in [0.05, 0.1) is 0 Å². The van der Waals surface area contributed by atoms with Gasteiger partial charge in [-0.1, -0.05) is 24.3 Å². The third kappa shape index (κ3) is 5.56. The Morgan fingerprint density at radius 3 is 2.21 bits per heavy atom. The molecule has 1 fully saturated rings. The van der Waals surface area contributed by atoms with E-state index in [0.29, 0.717) is 43.0 Å². The summed E-state index contributed by atoms with van der Waals surface area (Å²) in [6, 6.07) is 20.1. The second-order valence-corrected chi connectivity index (χ2v) is 8.05. The number of hydrogen-bond acceptors (Lipinski definition) is 5. The molecule has 7 heteroatoms. The van der Waals surface area contributed by atoms with Crippen molar-refractivity contribution >= 4 is 35.0 Å². The molecule has 0 unspecified atom stereocenters. The van der Waals surface area contributed by atoms with Crippen molar-refractivity contribution in [1.29, 1.82) is 0 Å². The highest BCUT2D eigenvalue weighted by molar-refractivity contribution is 6.25. The number of aromatic nitrogens is 1. The van der Waals surface area contributed by atoms with Crippen LogP contribution in [0.15, 0.2) is 84.7 Å². The molecule has 1 aromatic heterocycles. The fraction of sp³-hybridized carbons (Fsp3) is 0.185. The van der Waals surface area contributed by atoms with Crippen LogP contribution in [0, 0.1) is 0 Å². The molecule has 2 aromatic carbocycles. The van der Waals surface area contributed by atoms with Crippen LogP contribution in [-0.4, -0.2) is 53.7 Å². The zero-order valence-corrected chi connectivity index (χ0v) is 19.0. The third-order valence-corrected chi connectivity index (χ3v) is 5.71. The number of ketones is 1. The molecule has 34 heavy (non-hydrogen) atoms. The van der Waals surface area contributed by atoms with Gasteiger partial charge in [-0.05, 0) is 61.0 Å². The van der Waals surface area contributed by atoms with E-state index in [0.717, 1.165) is 5.69 Å². The van der Waals surface area contributed by atoms with Gasteiger partial charge >= 0.3 is 0 Å². The molecule has 1 N–H and O–H groups in total. The van der Waals surface area contributed by atoms with Gasteiger partial charge in [-0.3, -0.25) is 19.4 Å². The van der Waals surface area contributed by atoms with Gasteiger partial charge in [-0.15, -0.1) is 0 Å². The smallest absolute Gasteiger partial charge is 0.261 e. The van der Waals surface area contributed by atoms with Crippen molar-refractivity contribution in [2.24, 2.45) is 0 Å². The molecule has 3 aromatic rings. The van der Waals surface area contributed by atoms with Crippen LogP contribution in [0.2, 0.25) is 0 Å². The maximum Gasteiger partial charge on any atom is 0.261 e. The van der Waals surface area contributed by atoms with Crippen LogP contribution >= 0.6 is 0 Å². The van der Waals surface area contributed by atoms with Gasteiger partial charge < -0.3 is 15.1 Å². The number of para-hydroxylation sites is 1. The fourth-order valence-electron chi connectivity index (χ4n) is 3.82. The van der Waals surface area contributed by atoms with Crippen LogP contribution in [0.4, 0.5) is 11.4 Å². The summed E-state index contributed by atoms with van der Waals surface area (Å²) in [7, 11) is 0. The normalized spacial score (nSPS) is 14.0. The number of Topliss-reactive ketones (excluding diaryl/α,β-unsaturated/α-hetero) is 1. The van der Waals surface area contributed by atoms with Crippen LogP contribution in [0.1, 0.15) is 22.8 Å². The maximum absolute atomic E-state index is 13.4. The van der Waals surface area contributed by atoms with E-state index >= 15 is 0 Å². The number of nitrogens with zero attached hydrogens (tertiary/aromatic N) is 3. The monoisotopic (exact) mass is 454 g/mol. The van der Waals surface area contributed by atoms with Crippen LogP contribution in [0.3, 0.4) is 0 Å². The summed E-state index contributed by atoms with van der Waals surface area (Å²) in [6.45, 7) is 3.77. The summed E-state index contributed by atoms with van der Waals surface area (Å²) >= 11 is 0. The van der Waals surface area contributed by atoms with Gasteiger partial charge in [0, 0.05) is 55.5 Å². The lowest BCUT2D eigenvalue weighted by molar-refractivity contribution is -0.129. The van der Waals surface area contributed by atoms with Gasteiger partial charge in [0.15, 0.2) is 5.78 Å². The molecule has 2 amide bonds. The van der Waals surface area contributed by atoms with Gasteiger partial charge in [0.1, 0.15) is 5.57 Å². The predicted octanol–water partition coefficient (Wildman–Crippen LogP) is 3.66. The number of carbonyl (C=O) groups is 3. The number of pyridine rings is 1. The minimum Gasteiger partial charge on any atom is -0.368 e. The number of carbonyl (C=O) groups excluding carboxylic acids is 3. The fourth-order valence-corrected chi connectivity index (χ4v) is 3.82. The van der Waals surface area contributed by atoms with Crippen molar-refractivity contribution in [1.82, 2.24) is 9.88 Å². The second-order valence-electron chi connectivity index (χ2n) is 8.05. The first kappa shape index (κ1) is 22.9. The summed E-state index contributed by atoms with van der Waals surface area (Å²) in [5, 5.41) is 2.82. The first-order chi connectivity index (χ1) is 16.5. The van der Waals surface area contributed by atoms with E-state index in [1.165, 1.54) is 0 Å². The average molecular weight is 455 g/mol. The van der Waals surface area contributed by atoms with Crippen LogP contribution in [0.5, 0.6) is 0 Å². The van der Waals surface area contributed by atoms with E-state index < -0.39 is 5.91 Å². The highest BCUT2D eigenvalue weighted by atomic mass is 16.2. The van der Waals surface area contributed by atoms with E-state index in [2.05, 4.69) is 15.2 Å². The predicted molar refractivity (Wildman–Crippen MR) is 133 cm³/mol. The molecule has 0 radical (unpaired) electrons. The third-order valence-electron chi connectivity index (χ3n) is 5.71. The van der Waals surface area contributed by atoms with E-state index in [1.807, 2.05) is 42.5 Å². The van der Waals surface area contributed by atoms with Gasteiger partial charge in [-0.2, -0.15) is 0 Å². The number of nitrogens with one attached hydrogen (secondary N) is 1. The van der Waals surface area contributed by atoms with Crippen molar-refractivity contribution in [2.75, 3.05) is 36.4 Å². The van der Waals surface area contributed by atoms with Gasteiger partial charge in [0.2, 0.25) is 0 Å². The number of benzene rings is 2. The minimum absolute atomic E-state index is 0.0312. The first-order valence-corrected chi connectivity index (χ1v) is 11.1. The lowest BCUT2D eigenvalue weighted by Crippen LogP contribution is -2.50. The van der Waals surface area contributed by atoms with Crippen molar-refractivity contribution in [2.45, 2.75) is 6.92 Å². The Morgan fingerprint density at radius 1 is 0.882 bits per heavy atom. The summed E-state index contributed by atoms with van der Waals surface area (Å²) in [4.78, 5) is 46.0. The molecule has 1 aliphatic rings. The molecule has 172 valence electrons. The standard InChI is InChI=1S/C27H26N4O3/c1-20(32)22-9-11-24(12-10-22)30-14-16-31(17-15-30)27(34)25(18-21-6-5-13-28-19-21)26(33)29-23-7-3-2-4-8-23/h2-13,18-19H,14-17H2,1H3,(H,29,33)/b25-18+. The molecule has 0 aliphatic carbocycles. The second kappa shape index (κ2) is 10.6. The van der Waals surface area contributed by atoms with Crippen molar-refractivity contribution < 1.29 is 14.4 Å². The van der Waals surface area contributed by atoms with Crippen LogP contribution in [0.25, 0.3) is 6.08 Å². The van der Waals surface area contributed by atoms with Crippen LogP contribution < -0.4 is 10.2 Å². The molecule has 1 aliphatic heterocycles. The minimum atomic E-state index is -0.456. The highest BCUT2D eigenvalue weighted by Crippen LogP contribution is 2.20. The maximum atomic E-state index is 13.4. The van der Waals surface area contributed by atoms with E-state index in [-0.39, 0.29) is 17.3 Å². The molecule has 0 bridgehead atoms. The summed E-state index contributed by atoms with van der Waals surface area (Å²) in [6.07, 6.45) is 4.84. The molecule has 1 saturated heterocycles. The van der Waals surface area contributed by atoms with Gasteiger partial charge in [0.25, 0.3) is 11.8 Å². The van der Waals surface area contributed by atoms with Crippen molar-refractivity contribution in [3.05, 3.63) is 95.8 Å². The Labute approximate surface area is 198 Å². The molecule has 2 heterocycles. The largest absolute Gasteiger partial charge is 0.368 e. The molecular weight excluding hydrogens is 428 g/mol. The Balaban J connectivity index is 1.48. The van der Waals surface area contributed by atoms with Crippen LogP contribution in [-0.2, 0) is 9.59 Å². The SMILES string of the molecule is CC(=O)c1ccc(N2CCN(C(=O)/C(=C/c3cccnc3)C(=O)Nc3ccccc3)CC2)cc1. The molecular formula is C27H26N4O3. The summed E-state index contributed by atoms with van der Waals surface area (Å²) in [5.41, 5.74) is 3.04. The number of amides is 2.